The Bertz CT molecular complexity index is 255. The van der Waals surface area contributed by atoms with E-state index in [1.54, 1.807) is 6.07 Å². The smallest absolute Gasteiger partial charge is 0.124 e. The van der Waals surface area contributed by atoms with Gasteiger partial charge in [0.05, 0.1) is 0 Å². The number of aryl methyl sites for hydroxylation is 1. The molecule has 0 unspecified atom stereocenters. The Morgan fingerprint density at radius 1 is 1.23 bits per heavy atom. The average molecular weight is 266 g/mol. The van der Waals surface area contributed by atoms with E-state index in [1.807, 2.05) is 6.07 Å². The molecule has 0 aliphatic carbocycles. The summed E-state index contributed by atoms with van der Waals surface area (Å²) in [6.45, 7) is 0. The van der Waals surface area contributed by atoms with Crippen LogP contribution in [0, 0.1) is 5.82 Å². The summed E-state index contributed by atoms with van der Waals surface area (Å²) in [4.78, 5) is 0. The third-order valence-corrected chi connectivity index (χ3v) is 2.50. The monoisotopic (exact) mass is 264 g/mol. The quantitative estimate of drug-likeness (QED) is 0.567. The van der Waals surface area contributed by atoms with Gasteiger partial charge in [0.15, 0.2) is 0 Å². The highest BCUT2D eigenvalue weighted by atomic mass is 79.9. The molecule has 0 heterocycles. The van der Waals surface area contributed by atoms with E-state index in [0.717, 1.165) is 29.3 Å². The summed E-state index contributed by atoms with van der Waals surface area (Å²) in [6.07, 6.45) is 2.89. The van der Waals surface area contributed by atoms with Gasteiger partial charge in [0, 0.05) is 10.4 Å². The summed E-state index contributed by atoms with van der Waals surface area (Å²) < 4.78 is 13.7. The van der Waals surface area contributed by atoms with E-state index in [-0.39, 0.29) is 5.82 Å². The number of unbranched alkanes of at least 4 members (excludes halogenated alkanes) is 1. The van der Waals surface area contributed by atoms with E-state index in [0.29, 0.717) is 5.88 Å². The van der Waals surface area contributed by atoms with Crippen molar-refractivity contribution < 1.29 is 4.39 Å². The molecule has 0 saturated heterocycles. The zero-order valence-corrected chi connectivity index (χ0v) is 9.54. The van der Waals surface area contributed by atoms with Crippen LogP contribution in [0.3, 0.4) is 0 Å². The van der Waals surface area contributed by atoms with Gasteiger partial charge in [-0.3, -0.25) is 0 Å². The molecule has 0 aliphatic heterocycles. The van der Waals surface area contributed by atoms with Crippen molar-refractivity contribution in [2.75, 3.05) is 5.88 Å². The molecule has 1 aromatic carbocycles. The van der Waals surface area contributed by atoms with E-state index < -0.39 is 0 Å². The third-order valence-electron chi connectivity index (χ3n) is 1.77. The second-order valence-corrected chi connectivity index (χ2v) is 4.22. The van der Waals surface area contributed by atoms with Crippen molar-refractivity contribution in [3.05, 3.63) is 34.1 Å². The van der Waals surface area contributed by atoms with Gasteiger partial charge in [0.25, 0.3) is 0 Å². The van der Waals surface area contributed by atoms with Crippen LogP contribution in [0.4, 0.5) is 4.39 Å². The van der Waals surface area contributed by atoms with Gasteiger partial charge in [0.1, 0.15) is 5.82 Å². The first-order chi connectivity index (χ1) is 6.22. The lowest BCUT2D eigenvalue weighted by atomic mass is 10.1. The molecule has 0 amide bonds. The minimum Gasteiger partial charge on any atom is -0.207 e. The standard InChI is InChI=1S/C10H11BrClF/c11-9-5-8(3-1-2-4-12)6-10(13)7-9/h5-7H,1-4H2. The lowest BCUT2D eigenvalue weighted by Crippen LogP contribution is -1.88. The first kappa shape index (κ1) is 11.0. The largest absolute Gasteiger partial charge is 0.207 e. The summed E-state index contributed by atoms with van der Waals surface area (Å²) in [5.41, 5.74) is 1.02. The van der Waals surface area contributed by atoms with E-state index in [2.05, 4.69) is 15.9 Å². The fraction of sp³-hybridized carbons (Fsp3) is 0.400. The van der Waals surface area contributed by atoms with Crippen molar-refractivity contribution in [1.29, 1.82) is 0 Å². The Morgan fingerprint density at radius 3 is 2.62 bits per heavy atom. The average Bonchev–Trinajstić information content (AvgIpc) is 2.03. The zero-order chi connectivity index (χ0) is 9.68. The molecule has 0 bridgehead atoms. The van der Waals surface area contributed by atoms with Crippen molar-refractivity contribution in [3.8, 4) is 0 Å². The van der Waals surface area contributed by atoms with Crippen molar-refractivity contribution in [2.24, 2.45) is 0 Å². The molecule has 13 heavy (non-hydrogen) atoms. The maximum atomic E-state index is 12.9. The van der Waals surface area contributed by atoms with Gasteiger partial charge < -0.3 is 0 Å². The molecule has 0 spiro atoms. The van der Waals surface area contributed by atoms with Crippen LogP contribution in [0.15, 0.2) is 22.7 Å². The summed E-state index contributed by atoms with van der Waals surface area (Å²) in [5, 5.41) is 0. The topological polar surface area (TPSA) is 0 Å². The van der Waals surface area contributed by atoms with E-state index in [1.165, 1.54) is 6.07 Å². The number of hydrogen-bond acceptors (Lipinski definition) is 0. The summed E-state index contributed by atoms with van der Waals surface area (Å²) in [6, 6.07) is 4.97. The maximum absolute atomic E-state index is 12.9. The molecule has 0 atom stereocenters. The molecule has 3 heteroatoms. The number of rotatable bonds is 4. The molecule has 0 fully saturated rings. The summed E-state index contributed by atoms with van der Waals surface area (Å²) in [5.74, 6) is 0.492. The first-order valence-electron chi connectivity index (χ1n) is 4.23. The molecule has 0 aliphatic rings. The molecule has 1 aromatic rings. The van der Waals surface area contributed by atoms with Crippen LogP contribution in [0.5, 0.6) is 0 Å². The second-order valence-electron chi connectivity index (χ2n) is 2.92. The highest BCUT2D eigenvalue weighted by Gasteiger charge is 1.98. The molecule has 0 radical (unpaired) electrons. The normalized spacial score (nSPS) is 10.4. The highest BCUT2D eigenvalue weighted by Crippen LogP contribution is 2.16. The zero-order valence-electron chi connectivity index (χ0n) is 7.19. The van der Waals surface area contributed by atoms with E-state index in [4.69, 9.17) is 11.6 Å². The third kappa shape index (κ3) is 4.10. The van der Waals surface area contributed by atoms with Gasteiger partial charge in [0.2, 0.25) is 0 Å². The molecule has 72 valence electrons. The number of benzene rings is 1. The lowest BCUT2D eigenvalue weighted by molar-refractivity contribution is 0.623. The Hall–Kier alpha value is -0.0800. The number of halogens is 3. The first-order valence-corrected chi connectivity index (χ1v) is 5.56. The molecule has 0 saturated carbocycles. The van der Waals surface area contributed by atoms with Crippen molar-refractivity contribution in [2.45, 2.75) is 19.3 Å². The lowest BCUT2D eigenvalue weighted by Gasteiger charge is -2.01. The van der Waals surface area contributed by atoms with E-state index >= 15 is 0 Å². The Balaban J connectivity index is 2.56. The van der Waals surface area contributed by atoms with Gasteiger partial charge in [-0.1, -0.05) is 15.9 Å². The Kier molecular flexibility index (Phi) is 4.74. The van der Waals surface area contributed by atoms with Crippen LogP contribution in [0.25, 0.3) is 0 Å². The minimum atomic E-state index is -0.185. The van der Waals surface area contributed by atoms with Gasteiger partial charge in [-0.2, -0.15) is 0 Å². The Morgan fingerprint density at radius 2 is 2.00 bits per heavy atom. The van der Waals surface area contributed by atoms with Gasteiger partial charge in [-0.05, 0) is 43.0 Å². The molecule has 1 rings (SSSR count). The van der Waals surface area contributed by atoms with Crippen LogP contribution in [0.2, 0.25) is 0 Å². The summed E-state index contributed by atoms with van der Waals surface area (Å²) >= 11 is 8.80. The van der Waals surface area contributed by atoms with Crippen molar-refractivity contribution in [1.82, 2.24) is 0 Å². The highest BCUT2D eigenvalue weighted by molar-refractivity contribution is 9.10. The van der Waals surface area contributed by atoms with Gasteiger partial charge in [-0.15, -0.1) is 11.6 Å². The predicted molar refractivity (Wildman–Crippen MR) is 57.8 cm³/mol. The van der Waals surface area contributed by atoms with Crippen LogP contribution in [-0.4, -0.2) is 5.88 Å². The molecule has 0 N–H and O–H groups in total. The molecular weight excluding hydrogens is 254 g/mol. The molecule has 0 nitrogen and oxygen atoms in total. The maximum Gasteiger partial charge on any atom is 0.124 e. The number of hydrogen-bond donors (Lipinski definition) is 0. The van der Waals surface area contributed by atoms with Gasteiger partial charge >= 0.3 is 0 Å². The van der Waals surface area contributed by atoms with Crippen LogP contribution in [0.1, 0.15) is 18.4 Å². The van der Waals surface area contributed by atoms with Crippen LogP contribution >= 0.6 is 27.5 Å². The second kappa shape index (κ2) is 5.61. The fourth-order valence-electron chi connectivity index (χ4n) is 1.18. The van der Waals surface area contributed by atoms with Crippen molar-refractivity contribution >= 4 is 27.5 Å². The van der Waals surface area contributed by atoms with E-state index in [9.17, 15) is 4.39 Å². The molecular formula is C10H11BrClF. The minimum absolute atomic E-state index is 0.185. The fourth-order valence-corrected chi connectivity index (χ4v) is 1.88. The van der Waals surface area contributed by atoms with Crippen molar-refractivity contribution in [3.63, 3.8) is 0 Å². The number of alkyl halides is 1. The Labute approximate surface area is 91.2 Å². The van der Waals surface area contributed by atoms with Gasteiger partial charge in [-0.25, -0.2) is 4.39 Å². The SMILES string of the molecule is Fc1cc(Br)cc(CCCCCl)c1. The molecule has 0 aromatic heterocycles. The van der Waals surface area contributed by atoms with Crippen LogP contribution in [-0.2, 0) is 6.42 Å². The van der Waals surface area contributed by atoms with Crippen LogP contribution < -0.4 is 0 Å². The summed E-state index contributed by atoms with van der Waals surface area (Å²) in [7, 11) is 0. The predicted octanol–water partition coefficient (Wildman–Crippen LogP) is 4.15.